The fourth-order valence-electron chi connectivity index (χ4n) is 3.13. The van der Waals surface area contributed by atoms with Gasteiger partial charge in [0.1, 0.15) is 0 Å². The summed E-state index contributed by atoms with van der Waals surface area (Å²) in [7, 11) is -3.63. The van der Waals surface area contributed by atoms with E-state index in [4.69, 9.17) is 4.52 Å². The molecule has 0 bridgehead atoms. The van der Waals surface area contributed by atoms with E-state index in [9.17, 15) is 9.46 Å². The molecule has 0 aromatic heterocycles. The lowest BCUT2D eigenvalue weighted by Crippen LogP contribution is -2.24. The van der Waals surface area contributed by atoms with Gasteiger partial charge in [-0.05, 0) is 19.3 Å². The van der Waals surface area contributed by atoms with E-state index in [1.54, 1.807) is 4.67 Å². The average molecular weight is 392 g/mol. The maximum absolute atomic E-state index is 12.7. The van der Waals surface area contributed by atoms with Crippen molar-refractivity contribution in [3.63, 3.8) is 0 Å². The van der Waals surface area contributed by atoms with Gasteiger partial charge in [-0.1, -0.05) is 97.8 Å². The van der Waals surface area contributed by atoms with Crippen LogP contribution in [0.3, 0.4) is 0 Å². The highest BCUT2D eigenvalue weighted by atomic mass is 31.2. The first kappa shape index (κ1) is 26.1. The summed E-state index contributed by atoms with van der Waals surface area (Å²) in [5.74, 6) is 0. The molecule has 0 saturated carbocycles. The molecule has 0 amide bonds. The molecule has 0 fully saturated rings. The molecule has 0 aliphatic heterocycles. The van der Waals surface area contributed by atoms with Crippen LogP contribution in [0.15, 0.2) is 0 Å². The Bertz CT molecular complexity index is 323. The topological polar surface area (TPSA) is 49.8 Å². The molecule has 0 aliphatic rings. The minimum absolute atomic E-state index is 0.394. The van der Waals surface area contributed by atoms with E-state index in [2.05, 4.69) is 20.8 Å². The molecule has 0 radical (unpaired) electrons. The highest BCUT2D eigenvalue weighted by Crippen LogP contribution is 2.46. The van der Waals surface area contributed by atoms with Crippen molar-refractivity contribution < 1.29 is 14.0 Å². The molecule has 0 aromatic carbocycles. The predicted molar refractivity (Wildman–Crippen MR) is 114 cm³/mol. The molecule has 1 unspecified atom stereocenters. The molecular formula is C21H46NO3P. The van der Waals surface area contributed by atoms with Gasteiger partial charge in [0.2, 0.25) is 0 Å². The molecule has 1 N–H and O–H groups in total. The Labute approximate surface area is 163 Å². The third-order valence-corrected chi connectivity index (χ3v) is 6.54. The van der Waals surface area contributed by atoms with Gasteiger partial charge in [0, 0.05) is 13.1 Å². The van der Waals surface area contributed by atoms with Crippen molar-refractivity contribution >= 4 is 7.75 Å². The van der Waals surface area contributed by atoms with Crippen LogP contribution in [0, 0.1) is 0 Å². The van der Waals surface area contributed by atoms with Gasteiger partial charge in [0.25, 0.3) is 0 Å². The summed E-state index contributed by atoms with van der Waals surface area (Å²) in [5.41, 5.74) is 0. The van der Waals surface area contributed by atoms with Crippen molar-refractivity contribution in [2.75, 3.05) is 19.7 Å². The molecule has 0 saturated heterocycles. The van der Waals surface area contributed by atoms with Crippen LogP contribution >= 0.6 is 7.75 Å². The number of unbranched alkanes of at least 4 members (excludes halogenated alkanes) is 12. The van der Waals surface area contributed by atoms with Crippen molar-refractivity contribution in [2.24, 2.45) is 0 Å². The summed E-state index contributed by atoms with van der Waals surface area (Å²) in [6.07, 6.45) is 17.4. The second-order valence-corrected chi connectivity index (χ2v) is 9.33. The first-order chi connectivity index (χ1) is 12.6. The van der Waals surface area contributed by atoms with E-state index in [-0.39, 0.29) is 0 Å². The van der Waals surface area contributed by atoms with Crippen LogP contribution in [0.4, 0.5) is 0 Å². The molecule has 0 rings (SSSR count). The minimum atomic E-state index is -3.63. The molecule has 1 atom stereocenters. The van der Waals surface area contributed by atoms with E-state index in [1.807, 2.05) is 0 Å². The Morgan fingerprint density at radius 3 is 1.50 bits per heavy atom. The zero-order valence-electron chi connectivity index (χ0n) is 17.9. The fourth-order valence-corrected chi connectivity index (χ4v) is 4.45. The first-order valence-electron chi connectivity index (χ1n) is 11.3. The Morgan fingerprint density at radius 1 is 0.654 bits per heavy atom. The van der Waals surface area contributed by atoms with E-state index >= 15 is 0 Å². The molecular weight excluding hydrogens is 345 g/mol. The van der Waals surface area contributed by atoms with Crippen molar-refractivity contribution in [1.82, 2.24) is 4.67 Å². The van der Waals surface area contributed by atoms with Gasteiger partial charge in [-0.25, -0.2) is 9.24 Å². The molecule has 0 aromatic rings. The van der Waals surface area contributed by atoms with Gasteiger partial charge in [0.15, 0.2) is 0 Å². The quantitative estimate of drug-likeness (QED) is 0.174. The lowest BCUT2D eigenvalue weighted by atomic mass is 10.1. The first-order valence-corrected chi connectivity index (χ1v) is 12.8. The van der Waals surface area contributed by atoms with Crippen LogP contribution in [0.5, 0.6) is 0 Å². The van der Waals surface area contributed by atoms with Gasteiger partial charge in [-0.2, -0.15) is 0 Å². The van der Waals surface area contributed by atoms with Gasteiger partial charge >= 0.3 is 7.75 Å². The third kappa shape index (κ3) is 15.2. The Balaban J connectivity index is 4.25. The zero-order valence-corrected chi connectivity index (χ0v) is 18.8. The summed E-state index contributed by atoms with van der Waals surface area (Å²) in [6, 6.07) is 0. The normalized spacial score (nSPS) is 14.0. The van der Waals surface area contributed by atoms with Gasteiger partial charge in [0.05, 0.1) is 6.61 Å². The van der Waals surface area contributed by atoms with Crippen LogP contribution in [-0.2, 0) is 9.09 Å². The molecule has 0 aliphatic carbocycles. The van der Waals surface area contributed by atoms with Crippen molar-refractivity contribution in [2.45, 2.75) is 117 Å². The monoisotopic (exact) mass is 391 g/mol. The van der Waals surface area contributed by atoms with Crippen molar-refractivity contribution in [1.29, 1.82) is 0 Å². The molecule has 26 heavy (non-hydrogen) atoms. The molecule has 0 spiro atoms. The van der Waals surface area contributed by atoms with Crippen LogP contribution < -0.4 is 0 Å². The summed E-state index contributed by atoms with van der Waals surface area (Å²) in [6.45, 7) is 8.33. The number of hydrogen-bond donors (Lipinski definition) is 1. The van der Waals surface area contributed by atoms with Crippen LogP contribution in [0.25, 0.3) is 0 Å². The molecule has 158 valence electrons. The smallest absolute Gasteiger partial charge is 0.312 e. The minimum Gasteiger partial charge on any atom is -0.312 e. The summed E-state index contributed by atoms with van der Waals surface area (Å²) in [5, 5.41) is 0. The number of nitrogens with zero attached hydrogens (tertiary/aromatic N) is 1. The number of rotatable bonds is 20. The van der Waals surface area contributed by atoms with E-state index in [0.717, 1.165) is 44.9 Å². The average Bonchev–Trinajstić information content (AvgIpc) is 2.62. The fraction of sp³-hybridized carbons (Fsp3) is 1.00. The molecule has 4 nitrogen and oxygen atoms in total. The Morgan fingerprint density at radius 2 is 1.04 bits per heavy atom. The van der Waals surface area contributed by atoms with Crippen molar-refractivity contribution in [3.05, 3.63) is 0 Å². The second-order valence-electron chi connectivity index (χ2n) is 7.52. The summed E-state index contributed by atoms with van der Waals surface area (Å²) < 4.78 is 19.8. The number of hydrogen-bond acceptors (Lipinski definition) is 2. The second kappa shape index (κ2) is 18.5. The maximum atomic E-state index is 12.7. The lowest BCUT2D eigenvalue weighted by molar-refractivity contribution is 0.194. The Hall–Kier alpha value is 0.110. The van der Waals surface area contributed by atoms with E-state index < -0.39 is 7.75 Å². The largest absolute Gasteiger partial charge is 0.405 e. The van der Waals surface area contributed by atoms with E-state index in [1.165, 1.54) is 51.4 Å². The molecule has 5 heteroatoms. The standard InChI is InChI=1S/C21H46NO3P/c1-4-7-10-12-14-16-19-22(20-17-15-13-11-8-5-2)26(23,24)25-21-18-9-6-3/h4-21H2,1-3H3,(H,23,24). The predicted octanol–water partition coefficient (Wildman–Crippen LogP) is 7.32. The highest BCUT2D eigenvalue weighted by molar-refractivity contribution is 7.50. The SMILES string of the molecule is CCCCCCCCN(CCCCCCCC)P(=O)(O)OCCCCC. The van der Waals surface area contributed by atoms with Gasteiger partial charge in [-0.15, -0.1) is 0 Å². The zero-order chi connectivity index (χ0) is 19.5. The van der Waals surface area contributed by atoms with Gasteiger partial charge < -0.3 is 4.89 Å². The van der Waals surface area contributed by atoms with Gasteiger partial charge in [-0.3, -0.25) is 4.52 Å². The Kier molecular flexibility index (Phi) is 18.6. The van der Waals surface area contributed by atoms with E-state index in [0.29, 0.717) is 19.7 Å². The summed E-state index contributed by atoms with van der Waals surface area (Å²) >= 11 is 0. The maximum Gasteiger partial charge on any atom is 0.405 e. The third-order valence-electron chi connectivity index (χ3n) is 4.90. The van der Waals surface area contributed by atoms with Crippen LogP contribution in [0.1, 0.15) is 117 Å². The highest BCUT2D eigenvalue weighted by Gasteiger charge is 2.28. The van der Waals surface area contributed by atoms with Crippen LogP contribution in [-0.4, -0.2) is 29.3 Å². The molecule has 0 heterocycles. The summed E-state index contributed by atoms with van der Waals surface area (Å²) in [4.78, 5) is 10.4. The van der Waals surface area contributed by atoms with Crippen LogP contribution in [0.2, 0.25) is 0 Å². The van der Waals surface area contributed by atoms with Crippen molar-refractivity contribution in [3.8, 4) is 0 Å². The lowest BCUT2D eigenvalue weighted by Gasteiger charge is -2.26.